The van der Waals surface area contributed by atoms with Gasteiger partial charge >= 0.3 is 0 Å². The van der Waals surface area contributed by atoms with Crippen molar-refractivity contribution in [2.75, 3.05) is 11.9 Å². The molecule has 2 aromatic rings. The van der Waals surface area contributed by atoms with Crippen molar-refractivity contribution in [3.63, 3.8) is 0 Å². The zero-order valence-electron chi connectivity index (χ0n) is 12.8. The molecule has 1 aromatic carbocycles. The Labute approximate surface area is 132 Å². The van der Waals surface area contributed by atoms with E-state index in [0.29, 0.717) is 6.04 Å². The van der Waals surface area contributed by atoms with Gasteiger partial charge in [0.05, 0.1) is 0 Å². The number of pyridine rings is 1. The van der Waals surface area contributed by atoms with Crippen molar-refractivity contribution in [2.24, 2.45) is 0 Å². The molecule has 0 radical (unpaired) electrons. The first kappa shape index (κ1) is 15.8. The molecule has 0 saturated heterocycles. The zero-order valence-corrected chi connectivity index (χ0v) is 13.6. The van der Waals surface area contributed by atoms with Gasteiger partial charge in [0.15, 0.2) is 0 Å². The average molecular weight is 304 g/mol. The number of rotatable bonds is 6. The summed E-state index contributed by atoms with van der Waals surface area (Å²) >= 11 is 5.90. The summed E-state index contributed by atoms with van der Waals surface area (Å²) in [7, 11) is 2.04. The monoisotopic (exact) mass is 303 g/mol. The van der Waals surface area contributed by atoms with Crippen molar-refractivity contribution in [2.45, 2.75) is 33.0 Å². The second kappa shape index (κ2) is 7.43. The van der Waals surface area contributed by atoms with Crippen LogP contribution in [0.5, 0.6) is 0 Å². The predicted octanol–water partition coefficient (Wildman–Crippen LogP) is 3.87. The Morgan fingerprint density at radius 3 is 2.33 bits per heavy atom. The maximum atomic E-state index is 5.90. The molecule has 4 heteroatoms. The summed E-state index contributed by atoms with van der Waals surface area (Å²) in [6.07, 6.45) is 1.93. The number of nitrogens with one attached hydrogen (secondary N) is 1. The molecule has 0 aliphatic carbocycles. The van der Waals surface area contributed by atoms with E-state index in [2.05, 4.69) is 41.2 Å². The van der Waals surface area contributed by atoms with E-state index in [1.54, 1.807) is 0 Å². The normalized spacial score (nSPS) is 10.9. The van der Waals surface area contributed by atoms with Crippen molar-refractivity contribution in [1.82, 2.24) is 10.3 Å². The SMILES string of the molecule is CC(C)NCc1ccc(N(C)Cc2ccc(Cl)cc2)nc1. The van der Waals surface area contributed by atoms with Crippen LogP contribution in [0.25, 0.3) is 0 Å². The number of halogens is 1. The molecule has 0 saturated carbocycles. The second-order valence-electron chi connectivity index (χ2n) is 5.54. The molecule has 0 aliphatic heterocycles. The molecule has 0 atom stereocenters. The number of benzene rings is 1. The Kier molecular flexibility index (Phi) is 5.59. The lowest BCUT2D eigenvalue weighted by Gasteiger charge is -2.18. The molecule has 112 valence electrons. The van der Waals surface area contributed by atoms with Gasteiger partial charge in [-0.3, -0.25) is 0 Å². The Balaban J connectivity index is 1.96. The van der Waals surface area contributed by atoms with Crippen LogP contribution in [-0.2, 0) is 13.1 Å². The second-order valence-corrected chi connectivity index (χ2v) is 5.98. The van der Waals surface area contributed by atoms with Crippen LogP contribution in [0.3, 0.4) is 0 Å². The van der Waals surface area contributed by atoms with Crippen LogP contribution in [0.4, 0.5) is 5.82 Å². The van der Waals surface area contributed by atoms with Crippen molar-refractivity contribution in [3.05, 3.63) is 58.7 Å². The van der Waals surface area contributed by atoms with Gasteiger partial charge in [0.2, 0.25) is 0 Å². The van der Waals surface area contributed by atoms with E-state index in [9.17, 15) is 0 Å². The third-order valence-electron chi connectivity index (χ3n) is 3.25. The minimum atomic E-state index is 0.484. The van der Waals surface area contributed by atoms with Crippen LogP contribution in [0.2, 0.25) is 5.02 Å². The molecule has 2 rings (SSSR count). The third kappa shape index (κ3) is 5.03. The quantitative estimate of drug-likeness (QED) is 0.878. The fourth-order valence-corrected chi connectivity index (χ4v) is 2.14. The summed E-state index contributed by atoms with van der Waals surface area (Å²) in [5, 5.41) is 4.15. The van der Waals surface area contributed by atoms with Crippen LogP contribution in [0.15, 0.2) is 42.6 Å². The highest BCUT2D eigenvalue weighted by molar-refractivity contribution is 6.30. The molecule has 0 aliphatic rings. The highest BCUT2D eigenvalue weighted by atomic mass is 35.5. The van der Waals surface area contributed by atoms with Crippen molar-refractivity contribution in [1.29, 1.82) is 0 Å². The minimum absolute atomic E-state index is 0.484. The van der Waals surface area contributed by atoms with E-state index in [-0.39, 0.29) is 0 Å². The van der Waals surface area contributed by atoms with Crippen LogP contribution < -0.4 is 10.2 Å². The van der Waals surface area contributed by atoms with Crippen LogP contribution in [0, 0.1) is 0 Å². The molecule has 21 heavy (non-hydrogen) atoms. The molecule has 1 heterocycles. The Morgan fingerprint density at radius 2 is 1.76 bits per heavy atom. The third-order valence-corrected chi connectivity index (χ3v) is 3.50. The molecule has 3 nitrogen and oxygen atoms in total. The van der Waals surface area contributed by atoms with E-state index < -0.39 is 0 Å². The zero-order chi connectivity index (χ0) is 15.2. The first-order valence-corrected chi connectivity index (χ1v) is 7.56. The van der Waals surface area contributed by atoms with Gasteiger partial charge in [-0.05, 0) is 29.3 Å². The van der Waals surface area contributed by atoms with Gasteiger partial charge in [-0.25, -0.2) is 4.98 Å². The topological polar surface area (TPSA) is 28.2 Å². The summed E-state index contributed by atoms with van der Waals surface area (Å²) in [6.45, 7) is 5.95. The van der Waals surface area contributed by atoms with E-state index in [1.165, 1.54) is 11.1 Å². The van der Waals surface area contributed by atoms with E-state index in [4.69, 9.17) is 11.6 Å². The molecule has 1 aromatic heterocycles. The molecule has 0 spiro atoms. The molecule has 0 fully saturated rings. The fourth-order valence-electron chi connectivity index (χ4n) is 2.01. The first-order valence-electron chi connectivity index (χ1n) is 7.18. The van der Waals surface area contributed by atoms with Crippen molar-refractivity contribution >= 4 is 17.4 Å². The molecular weight excluding hydrogens is 282 g/mol. The van der Waals surface area contributed by atoms with Gasteiger partial charge in [-0.1, -0.05) is 43.6 Å². The standard InChI is InChI=1S/C17H22ClN3/c1-13(2)19-10-15-6-9-17(20-11-15)21(3)12-14-4-7-16(18)8-5-14/h4-9,11,13,19H,10,12H2,1-3H3. The Morgan fingerprint density at radius 1 is 1.10 bits per heavy atom. The molecule has 1 N–H and O–H groups in total. The van der Waals surface area contributed by atoms with Crippen LogP contribution in [0.1, 0.15) is 25.0 Å². The summed E-state index contributed by atoms with van der Waals surface area (Å²) in [6, 6.07) is 12.6. The number of hydrogen-bond acceptors (Lipinski definition) is 3. The number of aromatic nitrogens is 1. The highest BCUT2D eigenvalue weighted by Gasteiger charge is 2.04. The first-order chi connectivity index (χ1) is 10.0. The molecular formula is C17H22ClN3. The molecule has 0 amide bonds. The molecule has 0 unspecified atom stereocenters. The number of nitrogens with zero attached hydrogens (tertiary/aromatic N) is 2. The minimum Gasteiger partial charge on any atom is -0.355 e. The van der Waals surface area contributed by atoms with Gasteiger partial charge in [0.1, 0.15) is 5.82 Å². The van der Waals surface area contributed by atoms with E-state index >= 15 is 0 Å². The fraction of sp³-hybridized carbons (Fsp3) is 0.353. The predicted molar refractivity (Wildman–Crippen MR) is 89.8 cm³/mol. The smallest absolute Gasteiger partial charge is 0.128 e. The van der Waals surface area contributed by atoms with Gasteiger partial charge in [-0.15, -0.1) is 0 Å². The van der Waals surface area contributed by atoms with Gasteiger partial charge in [-0.2, -0.15) is 0 Å². The van der Waals surface area contributed by atoms with Crippen molar-refractivity contribution in [3.8, 4) is 0 Å². The number of hydrogen-bond donors (Lipinski definition) is 1. The van der Waals surface area contributed by atoms with Gasteiger partial charge in [0.25, 0.3) is 0 Å². The van der Waals surface area contributed by atoms with E-state index in [1.807, 2.05) is 37.5 Å². The number of anilines is 1. The lowest BCUT2D eigenvalue weighted by atomic mass is 10.2. The Hall–Kier alpha value is -1.58. The van der Waals surface area contributed by atoms with E-state index in [0.717, 1.165) is 23.9 Å². The van der Waals surface area contributed by atoms with Gasteiger partial charge in [0, 0.05) is 37.4 Å². The lowest BCUT2D eigenvalue weighted by molar-refractivity contribution is 0.588. The highest BCUT2D eigenvalue weighted by Crippen LogP contribution is 2.15. The maximum Gasteiger partial charge on any atom is 0.128 e. The maximum absolute atomic E-state index is 5.90. The average Bonchev–Trinajstić information content (AvgIpc) is 2.48. The summed E-state index contributed by atoms with van der Waals surface area (Å²) < 4.78 is 0. The van der Waals surface area contributed by atoms with Crippen LogP contribution in [-0.4, -0.2) is 18.1 Å². The van der Waals surface area contributed by atoms with Crippen LogP contribution >= 0.6 is 11.6 Å². The Bertz CT molecular complexity index is 549. The summed E-state index contributed by atoms with van der Waals surface area (Å²) in [4.78, 5) is 6.66. The van der Waals surface area contributed by atoms with Gasteiger partial charge < -0.3 is 10.2 Å². The lowest BCUT2D eigenvalue weighted by Crippen LogP contribution is -2.22. The largest absolute Gasteiger partial charge is 0.355 e. The summed E-state index contributed by atoms with van der Waals surface area (Å²) in [5.74, 6) is 0.971. The molecule has 0 bridgehead atoms. The van der Waals surface area contributed by atoms with Crippen molar-refractivity contribution < 1.29 is 0 Å². The summed E-state index contributed by atoms with van der Waals surface area (Å²) in [5.41, 5.74) is 2.42.